The summed E-state index contributed by atoms with van der Waals surface area (Å²) in [6.45, 7) is 0.765. The molecule has 0 aliphatic carbocycles. The predicted molar refractivity (Wildman–Crippen MR) is 49.7 cm³/mol. The summed E-state index contributed by atoms with van der Waals surface area (Å²) in [5, 5.41) is 7.25. The molecule has 1 saturated heterocycles. The molecule has 1 aliphatic heterocycles. The van der Waals surface area contributed by atoms with Crippen LogP contribution in [0.1, 0.15) is 12.5 Å². The van der Waals surface area contributed by atoms with Crippen molar-refractivity contribution in [2.24, 2.45) is 0 Å². The van der Waals surface area contributed by atoms with Crippen molar-refractivity contribution in [1.82, 2.24) is 15.1 Å². The molecule has 76 valence electrons. The molecule has 1 aromatic rings. The van der Waals surface area contributed by atoms with Gasteiger partial charge in [-0.3, -0.25) is 9.48 Å². The van der Waals surface area contributed by atoms with E-state index in [1.165, 1.54) is 7.11 Å². The normalized spacial score (nSPS) is 26.4. The summed E-state index contributed by atoms with van der Waals surface area (Å²) in [6.07, 6.45) is 4.39. The van der Waals surface area contributed by atoms with E-state index in [0.29, 0.717) is 0 Å². The van der Waals surface area contributed by atoms with E-state index in [0.717, 1.165) is 13.0 Å². The number of nitrogens with zero attached hydrogens (tertiary/aromatic N) is 2. The first-order chi connectivity index (χ1) is 6.81. The zero-order valence-corrected chi connectivity index (χ0v) is 8.01. The molecule has 1 fully saturated rings. The third-order valence-corrected chi connectivity index (χ3v) is 2.49. The molecule has 0 amide bonds. The number of ether oxygens (including phenoxy) is 1. The molecule has 0 bridgehead atoms. The Morgan fingerprint density at radius 3 is 3.21 bits per heavy atom. The highest BCUT2D eigenvalue weighted by molar-refractivity contribution is 5.76. The maximum absolute atomic E-state index is 11.2. The standard InChI is InChI=1S/C9H13N3O2/c1-14-9(13)8-5-7(6-10-8)12-4-2-3-11-12/h2-4,7-8,10H,5-6H2,1H3/t7-,8-/m0/s1. The first kappa shape index (κ1) is 9.21. The first-order valence-corrected chi connectivity index (χ1v) is 4.61. The summed E-state index contributed by atoms with van der Waals surface area (Å²) in [4.78, 5) is 11.2. The van der Waals surface area contributed by atoms with Gasteiger partial charge in [-0.15, -0.1) is 0 Å². The third kappa shape index (κ3) is 1.63. The summed E-state index contributed by atoms with van der Waals surface area (Å²) in [6, 6.07) is 1.95. The van der Waals surface area contributed by atoms with Crippen LogP contribution in [0.25, 0.3) is 0 Å². The molecule has 2 heterocycles. The largest absolute Gasteiger partial charge is 0.468 e. The third-order valence-electron chi connectivity index (χ3n) is 2.49. The number of methoxy groups -OCH3 is 1. The number of hydrogen-bond acceptors (Lipinski definition) is 4. The van der Waals surface area contributed by atoms with Crippen molar-refractivity contribution >= 4 is 5.97 Å². The minimum absolute atomic E-state index is 0.186. The summed E-state index contributed by atoms with van der Waals surface area (Å²) in [5.74, 6) is -0.195. The lowest BCUT2D eigenvalue weighted by Crippen LogP contribution is -2.31. The molecule has 2 atom stereocenters. The summed E-state index contributed by atoms with van der Waals surface area (Å²) in [5.41, 5.74) is 0. The second kappa shape index (κ2) is 3.79. The van der Waals surface area contributed by atoms with Gasteiger partial charge in [0.15, 0.2) is 0 Å². The topological polar surface area (TPSA) is 56.2 Å². The van der Waals surface area contributed by atoms with Crippen molar-refractivity contribution in [2.75, 3.05) is 13.7 Å². The van der Waals surface area contributed by atoms with E-state index in [-0.39, 0.29) is 18.1 Å². The van der Waals surface area contributed by atoms with Crippen molar-refractivity contribution in [1.29, 1.82) is 0 Å². The number of nitrogens with one attached hydrogen (secondary N) is 1. The SMILES string of the molecule is COC(=O)[C@@H]1C[C@H](n2cccn2)CN1. The smallest absolute Gasteiger partial charge is 0.322 e. The van der Waals surface area contributed by atoms with Gasteiger partial charge in [0.05, 0.1) is 13.2 Å². The molecule has 0 saturated carbocycles. The monoisotopic (exact) mass is 195 g/mol. The van der Waals surface area contributed by atoms with Gasteiger partial charge >= 0.3 is 5.97 Å². The van der Waals surface area contributed by atoms with Crippen LogP contribution in [0.4, 0.5) is 0 Å². The van der Waals surface area contributed by atoms with Crippen molar-refractivity contribution in [3.05, 3.63) is 18.5 Å². The maximum atomic E-state index is 11.2. The average Bonchev–Trinajstić information content (AvgIpc) is 2.86. The van der Waals surface area contributed by atoms with Gasteiger partial charge in [0.2, 0.25) is 0 Å². The van der Waals surface area contributed by atoms with Gasteiger partial charge in [-0.25, -0.2) is 0 Å². The van der Waals surface area contributed by atoms with E-state index in [2.05, 4.69) is 15.2 Å². The fourth-order valence-corrected chi connectivity index (χ4v) is 1.74. The minimum atomic E-state index is -0.195. The summed E-state index contributed by atoms with van der Waals surface area (Å²) in [7, 11) is 1.41. The van der Waals surface area contributed by atoms with Crippen LogP contribution < -0.4 is 5.32 Å². The minimum Gasteiger partial charge on any atom is -0.468 e. The first-order valence-electron chi connectivity index (χ1n) is 4.61. The molecule has 5 heteroatoms. The number of carbonyl (C=O) groups is 1. The lowest BCUT2D eigenvalue weighted by molar-refractivity contribution is -0.142. The van der Waals surface area contributed by atoms with Gasteiger partial charge in [-0.05, 0) is 12.5 Å². The number of hydrogen-bond donors (Lipinski definition) is 1. The Labute approximate surface area is 82.0 Å². The zero-order valence-electron chi connectivity index (χ0n) is 8.01. The van der Waals surface area contributed by atoms with Crippen molar-refractivity contribution in [2.45, 2.75) is 18.5 Å². The van der Waals surface area contributed by atoms with Crippen molar-refractivity contribution in [3.8, 4) is 0 Å². The van der Waals surface area contributed by atoms with Crippen LogP contribution in [0.5, 0.6) is 0 Å². The molecular formula is C9H13N3O2. The van der Waals surface area contributed by atoms with E-state index in [1.54, 1.807) is 6.20 Å². The van der Waals surface area contributed by atoms with Crippen LogP contribution in [-0.2, 0) is 9.53 Å². The molecule has 0 aromatic carbocycles. The molecular weight excluding hydrogens is 182 g/mol. The van der Waals surface area contributed by atoms with Crippen LogP contribution in [0.15, 0.2) is 18.5 Å². The van der Waals surface area contributed by atoms with Crippen LogP contribution in [0, 0.1) is 0 Å². The molecule has 0 unspecified atom stereocenters. The molecule has 1 aromatic heterocycles. The van der Waals surface area contributed by atoms with Crippen LogP contribution in [0.3, 0.4) is 0 Å². The van der Waals surface area contributed by atoms with Crippen LogP contribution >= 0.6 is 0 Å². The Bertz CT molecular complexity index is 310. The molecule has 2 rings (SSSR count). The zero-order chi connectivity index (χ0) is 9.97. The summed E-state index contributed by atoms with van der Waals surface area (Å²) < 4.78 is 6.54. The highest BCUT2D eigenvalue weighted by atomic mass is 16.5. The number of carbonyl (C=O) groups excluding carboxylic acids is 1. The lowest BCUT2D eigenvalue weighted by atomic mass is 10.2. The van der Waals surface area contributed by atoms with E-state index in [9.17, 15) is 4.79 Å². The van der Waals surface area contributed by atoms with Gasteiger partial charge in [0.25, 0.3) is 0 Å². The van der Waals surface area contributed by atoms with E-state index in [1.807, 2.05) is 16.9 Å². The van der Waals surface area contributed by atoms with E-state index in [4.69, 9.17) is 0 Å². The molecule has 14 heavy (non-hydrogen) atoms. The van der Waals surface area contributed by atoms with Crippen LogP contribution in [-0.4, -0.2) is 35.4 Å². The molecule has 0 spiro atoms. The Morgan fingerprint density at radius 2 is 2.57 bits per heavy atom. The number of esters is 1. The van der Waals surface area contributed by atoms with Gasteiger partial charge in [0.1, 0.15) is 6.04 Å². The Balaban J connectivity index is 1.98. The Hall–Kier alpha value is -1.36. The molecule has 1 aliphatic rings. The quantitative estimate of drug-likeness (QED) is 0.673. The fourth-order valence-electron chi connectivity index (χ4n) is 1.74. The summed E-state index contributed by atoms with van der Waals surface area (Å²) >= 11 is 0. The number of rotatable bonds is 2. The second-order valence-corrected chi connectivity index (χ2v) is 3.36. The van der Waals surface area contributed by atoms with Crippen molar-refractivity contribution in [3.63, 3.8) is 0 Å². The average molecular weight is 195 g/mol. The highest BCUT2D eigenvalue weighted by Crippen LogP contribution is 2.18. The second-order valence-electron chi connectivity index (χ2n) is 3.36. The fraction of sp³-hybridized carbons (Fsp3) is 0.556. The molecule has 5 nitrogen and oxygen atoms in total. The molecule has 0 radical (unpaired) electrons. The lowest BCUT2D eigenvalue weighted by Gasteiger charge is -2.08. The maximum Gasteiger partial charge on any atom is 0.322 e. The number of aromatic nitrogens is 2. The van der Waals surface area contributed by atoms with Gasteiger partial charge in [-0.1, -0.05) is 0 Å². The Morgan fingerprint density at radius 1 is 1.71 bits per heavy atom. The van der Waals surface area contributed by atoms with E-state index < -0.39 is 0 Å². The van der Waals surface area contributed by atoms with Gasteiger partial charge in [-0.2, -0.15) is 5.10 Å². The molecule has 1 N–H and O–H groups in total. The highest BCUT2D eigenvalue weighted by Gasteiger charge is 2.31. The van der Waals surface area contributed by atoms with E-state index >= 15 is 0 Å². The Kier molecular flexibility index (Phi) is 2.49. The predicted octanol–water partition coefficient (Wildman–Crippen LogP) is -0.0409. The van der Waals surface area contributed by atoms with Gasteiger partial charge < -0.3 is 10.1 Å². The van der Waals surface area contributed by atoms with Gasteiger partial charge in [0, 0.05) is 18.9 Å². The van der Waals surface area contributed by atoms with Crippen LogP contribution in [0.2, 0.25) is 0 Å². The van der Waals surface area contributed by atoms with Crippen molar-refractivity contribution < 1.29 is 9.53 Å².